The van der Waals surface area contributed by atoms with E-state index in [1.807, 2.05) is 6.07 Å². The molecule has 0 aliphatic carbocycles. The number of aromatic nitrogens is 1. The number of fused-ring (bicyclic) bond motifs is 1. The molecule has 94 valence electrons. The van der Waals surface area contributed by atoms with Crippen molar-refractivity contribution >= 4 is 23.1 Å². The predicted molar refractivity (Wildman–Crippen MR) is 75.7 cm³/mol. The molecule has 5 heteroatoms. The smallest absolute Gasteiger partial charge is 0.211 e. The lowest BCUT2D eigenvalue weighted by Gasteiger charge is -2.08. The zero-order valence-electron chi connectivity index (χ0n) is 10.5. The van der Waals surface area contributed by atoms with Gasteiger partial charge in [0, 0.05) is 23.1 Å². The minimum Gasteiger partial charge on any atom is -0.369 e. The number of nitrogens with two attached hydrogens (primary N) is 2. The average molecular weight is 243 g/mol. The van der Waals surface area contributed by atoms with E-state index in [2.05, 4.69) is 53.0 Å². The summed E-state index contributed by atoms with van der Waals surface area (Å²) >= 11 is 0. The van der Waals surface area contributed by atoms with Gasteiger partial charge in [-0.15, -0.1) is 5.10 Å². The maximum Gasteiger partial charge on any atom is 0.211 e. The maximum absolute atomic E-state index is 5.19. The molecule has 0 spiro atoms. The number of guanidine groups is 1. The molecule has 0 fully saturated rings. The topological polar surface area (TPSA) is 81.7 Å². The Hall–Kier alpha value is -2.30. The molecule has 0 atom stereocenters. The predicted octanol–water partition coefficient (Wildman–Crippen LogP) is 1.83. The second kappa shape index (κ2) is 4.91. The largest absolute Gasteiger partial charge is 0.369 e. The van der Waals surface area contributed by atoms with Crippen LogP contribution in [-0.4, -0.2) is 16.7 Å². The van der Waals surface area contributed by atoms with Crippen LogP contribution in [0.15, 0.2) is 40.7 Å². The minimum absolute atomic E-state index is 0.0433. The number of hydrogen-bond acceptors (Lipinski definition) is 2. The SMILES string of the molecule is CC(C)n1ccc2cc(C=NN=C(N)N)ccc21. The number of benzene rings is 1. The van der Waals surface area contributed by atoms with Crippen molar-refractivity contribution in [3.8, 4) is 0 Å². The molecule has 2 rings (SSSR count). The van der Waals surface area contributed by atoms with Crippen molar-refractivity contribution in [1.82, 2.24) is 4.57 Å². The molecule has 0 unspecified atom stereocenters. The van der Waals surface area contributed by atoms with E-state index in [9.17, 15) is 0 Å². The van der Waals surface area contributed by atoms with Gasteiger partial charge in [0.25, 0.3) is 0 Å². The third-order valence-electron chi connectivity index (χ3n) is 2.68. The molecular weight excluding hydrogens is 226 g/mol. The van der Waals surface area contributed by atoms with Crippen molar-refractivity contribution in [3.05, 3.63) is 36.0 Å². The summed E-state index contributed by atoms with van der Waals surface area (Å²) in [5, 5.41) is 8.54. The molecule has 0 radical (unpaired) electrons. The molecule has 0 bridgehead atoms. The first kappa shape index (κ1) is 12.2. The van der Waals surface area contributed by atoms with Gasteiger partial charge in [0.1, 0.15) is 0 Å². The standard InChI is InChI=1S/C13H17N5/c1-9(2)18-6-5-11-7-10(3-4-12(11)18)8-16-17-13(14)15/h3-9H,1-2H3,(H4,14,15,17). The molecule has 0 amide bonds. The summed E-state index contributed by atoms with van der Waals surface area (Å²) in [6.45, 7) is 4.32. The first-order valence-electron chi connectivity index (χ1n) is 5.80. The lowest BCUT2D eigenvalue weighted by Crippen LogP contribution is -2.21. The zero-order chi connectivity index (χ0) is 13.1. The second-order valence-electron chi connectivity index (χ2n) is 4.40. The van der Waals surface area contributed by atoms with E-state index >= 15 is 0 Å². The Balaban J connectivity index is 2.34. The van der Waals surface area contributed by atoms with Crippen molar-refractivity contribution in [1.29, 1.82) is 0 Å². The Morgan fingerprint density at radius 2 is 2.06 bits per heavy atom. The Morgan fingerprint density at radius 1 is 1.28 bits per heavy atom. The van der Waals surface area contributed by atoms with Crippen LogP contribution in [0.4, 0.5) is 0 Å². The van der Waals surface area contributed by atoms with Gasteiger partial charge < -0.3 is 16.0 Å². The van der Waals surface area contributed by atoms with Gasteiger partial charge in [-0.2, -0.15) is 5.10 Å². The molecule has 0 aliphatic heterocycles. The van der Waals surface area contributed by atoms with Gasteiger partial charge in [-0.25, -0.2) is 0 Å². The molecule has 5 nitrogen and oxygen atoms in total. The van der Waals surface area contributed by atoms with Gasteiger partial charge in [-0.1, -0.05) is 6.07 Å². The highest BCUT2D eigenvalue weighted by Gasteiger charge is 2.03. The zero-order valence-corrected chi connectivity index (χ0v) is 10.5. The van der Waals surface area contributed by atoms with Crippen molar-refractivity contribution in [2.75, 3.05) is 0 Å². The summed E-state index contributed by atoms with van der Waals surface area (Å²) in [6, 6.07) is 8.66. The van der Waals surface area contributed by atoms with Crippen LogP contribution in [0, 0.1) is 0 Å². The highest BCUT2D eigenvalue weighted by atomic mass is 15.3. The van der Waals surface area contributed by atoms with E-state index in [1.54, 1.807) is 6.21 Å². The molecule has 1 aromatic heterocycles. The molecule has 1 heterocycles. The lowest BCUT2D eigenvalue weighted by atomic mass is 10.2. The molecule has 1 aromatic carbocycles. The van der Waals surface area contributed by atoms with Crippen molar-refractivity contribution in [3.63, 3.8) is 0 Å². The quantitative estimate of drug-likeness (QED) is 0.490. The highest BCUT2D eigenvalue weighted by Crippen LogP contribution is 2.20. The van der Waals surface area contributed by atoms with Crippen LogP contribution in [-0.2, 0) is 0 Å². The average Bonchev–Trinajstić information content (AvgIpc) is 2.71. The van der Waals surface area contributed by atoms with Gasteiger partial charge in [-0.05, 0) is 37.6 Å². The van der Waals surface area contributed by atoms with Gasteiger partial charge >= 0.3 is 0 Å². The molecule has 0 saturated heterocycles. The van der Waals surface area contributed by atoms with E-state index in [4.69, 9.17) is 11.5 Å². The highest BCUT2D eigenvalue weighted by molar-refractivity contribution is 5.89. The Kier molecular flexibility index (Phi) is 3.32. The van der Waals surface area contributed by atoms with Gasteiger partial charge in [-0.3, -0.25) is 0 Å². The molecule has 0 aliphatic rings. The molecule has 18 heavy (non-hydrogen) atoms. The van der Waals surface area contributed by atoms with Crippen LogP contribution in [0.25, 0.3) is 10.9 Å². The summed E-state index contributed by atoms with van der Waals surface area (Å²) in [5.41, 5.74) is 12.6. The summed E-state index contributed by atoms with van der Waals surface area (Å²) < 4.78 is 2.23. The fourth-order valence-electron chi connectivity index (χ4n) is 1.88. The van der Waals surface area contributed by atoms with Crippen LogP contribution in [0.1, 0.15) is 25.5 Å². The van der Waals surface area contributed by atoms with E-state index in [1.165, 1.54) is 10.9 Å². The Morgan fingerprint density at radius 3 is 2.72 bits per heavy atom. The first-order chi connectivity index (χ1) is 8.58. The fraction of sp³-hybridized carbons (Fsp3) is 0.231. The van der Waals surface area contributed by atoms with Gasteiger partial charge in [0.15, 0.2) is 0 Å². The van der Waals surface area contributed by atoms with Crippen LogP contribution >= 0.6 is 0 Å². The molecular formula is C13H17N5. The van der Waals surface area contributed by atoms with Crippen LogP contribution < -0.4 is 11.5 Å². The lowest BCUT2D eigenvalue weighted by molar-refractivity contribution is 0.623. The summed E-state index contributed by atoms with van der Waals surface area (Å²) in [4.78, 5) is 0. The second-order valence-corrected chi connectivity index (χ2v) is 4.40. The van der Waals surface area contributed by atoms with E-state index < -0.39 is 0 Å². The molecule has 2 aromatic rings. The van der Waals surface area contributed by atoms with Gasteiger partial charge in [0.05, 0.1) is 6.21 Å². The van der Waals surface area contributed by atoms with Crippen molar-refractivity contribution in [2.24, 2.45) is 21.7 Å². The van der Waals surface area contributed by atoms with E-state index in [0.717, 1.165) is 5.56 Å². The Bertz CT molecular complexity index is 603. The summed E-state index contributed by atoms with van der Waals surface area (Å²) in [6.07, 6.45) is 3.72. The van der Waals surface area contributed by atoms with Crippen molar-refractivity contribution in [2.45, 2.75) is 19.9 Å². The third-order valence-corrected chi connectivity index (χ3v) is 2.68. The maximum atomic E-state index is 5.19. The fourth-order valence-corrected chi connectivity index (χ4v) is 1.88. The third kappa shape index (κ3) is 2.51. The van der Waals surface area contributed by atoms with Crippen LogP contribution in [0.3, 0.4) is 0 Å². The number of nitrogens with zero attached hydrogens (tertiary/aromatic N) is 3. The number of rotatable bonds is 3. The van der Waals surface area contributed by atoms with E-state index in [0.29, 0.717) is 6.04 Å². The summed E-state index contributed by atoms with van der Waals surface area (Å²) in [5.74, 6) is -0.0433. The van der Waals surface area contributed by atoms with E-state index in [-0.39, 0.29) is 5.96 Å². The van der Waals surface area contributed by atoms with Crippen molar-refractivity contribution < 1.29 is 0 Å². The monoisotopic (exact) mass is 243 g/mol. The number of hydrogen-bond donors (Lipinski definition) is 2. The first-order valence-corrected chi connectivity index (χ1v) is 5.80. The van der Waals surface area contributed by atoms with Crippen LogP contribution in [0.5, 0.6) is 0 Å². The normalized spacial score (nSPS) is 11.5. The molecule has 0 saturated carbocycles. The Labute approximate surface area is 106 Å². The molecule has 4 N–H and O–H groups in total. The van der Waals surface area contributed by atoms with Gasteiger partial charge in [0.2, 0.25) is 5.96 Å². The minimum atomic E-state index is -0.0433. The summed E-state index contributed by atoms with van der Waals surface area (Å²) in [7, 11) is 0. The van der Waals surface area contributed by atoms with Crippen LogP contribution in [0.2, 0.25) is 0 Å².